The first-order valence-electron chi connectivity index (χ1n) is 5.61. The fourth-order valence-electron chi connectivity index (χ4n) is 2.31. The predicted molar refractivity (Wildman–Crippen MR) is 60.8 cm³/mol. The number of hydrogen-bond donors (Lipinski definition) is 1. The summed E-state index contributed by atoms with van der Waals surface area (Å²) in [5.74, 6) is -2.05. The van der Waals surface area contributed by atoms with Crippen molar-refractivity contribution in [1.29, 1.82) is 0 Å². The second-order valence-corrected chi connectivity index (χ2v) is 4.97. The van der Waals surface area contributed by atoms with E-state index in [4.69, 9.17) is 0 Å². The third kappa shape index (κ3) is 2.12. The zero-order chi connectivity index (χ0) is 13.5. The fourth-order valence-corrected chi connectivity index (χ4v) is 2.31. The summed E-state index contributed by atoms with van der Waals surface area (Å²) in [6.45, 7) is 3.06. The van der Waals surface area contributed by atoms with Crippen LogP contribution in [-0.4, -0.2) is 11.8 Å². The van der Waals surface area contributed by atoms with Crippen LogP contribution >= 0.6 is 0 Å². The molecule has 0 spiro atoms. The quantitative estimate of drug-likeness (QED) is 0.778. The van der Waals surface area contributed by atoms with Crippen LogP contribution in [-0.2, 0) is 15.0 Å². The molecule has 1 N–H and O–H groups in total. The number of amides is 2. The number of carbonyl (C=O) groups excluding carboxylic acids is 2. The molecule has 1 aliphatic heterocycles. The Hall–Kier alpha value is -1.78. The monoisotopic (exact) mass is 253 g/mol. The van der Waals surface area contributed by atoms with Gasteiger partial charge >= 0.3 is 0 Å². The maximum Gasteiger partial charge on any atom is 0.227 e. The molecule has 2 amide bonds. The molecule has 1 aliphatic rings. The fraction of sp³-hybridized carbons (Fsp3) is 0.385. The van der Waals surface area contributed by atoms with Gasteiger partial charge in [-0.2, -0.15) is 0 Å². The lowest BCUT2D eigenvalue weighted by atomic mass is 9.74. The zero-order valence-electron chi connectivity index (χ0n) is 10.1. The van der Waals surface area contributed by atoms with Crippen molar-refractivity contribution in [1.82, 2.24) is 5.32 Å². The van der Waals surface area contributed by atoms with Crippen molar-refractivity contribution >= 4 is 11.8 Å². The number of hydrogen-bond acceptors (Lipinski definition) is 2. The molecule has 5 heteroatoms. The molecule has 1 heterocycles. The molecule has 0 atom stereocenters. The average molecular weight is 253 g/mol. The van der Waals surface area contributed by atoms with E-state index in [0.29, 0.717) is 0 Å². The van der Waals surface area contributed by atoms with E-state index in [9.17, 15) is 18.4 Å². The van der Waals surface area contributed by atoms with Crippen LogP contribution in [0.1, 0.15) is 30.9 Å². The number of imide groups is 1. The van der Waals surface area contributed by atoms with Gasteiger partial charge in [0, 0.05) is 18.3 Å². The Morgan fingerprint density at radius 2 is 1.67 bits per heavy atom. The maximum atomic E-state index is 13.9. The van der Waals surface area contributed by atoms with E-state index in [2.05, 4.69) is 5.32 Å². The van der Waals surface area contributed by atoms with Crippen molar-refractivity contribution in [2.45, 2.75) is 32.1 Å². The van der Waals surface area contributed by atoms with Gasteiger partial charge in [0.1, 0.15) is 11.6 Å². The normalized spacial score (nSPS) is 18.7. The average Bonchev–Trinajstić information content (AvgIpc) is 2.21. The first-order valence-corrected chi connectivity index (χ1v) is 5.61. The molecular formula is C13H13F2NO2. The number of carbonyl (C=O) groups is 2. The Morgan fingerprint density at radius 1 is 1.11 bits per heavy atom. The molecule has 0 radical (unpaired) electrons. The Balaban J connectivity index is 2.50. The summed E-state index contributed by atoms with van der Waals surface area (Å²) in [6, 6.07) is 2.17. The van der Waals surface area contributed by atoms with Crippen molar-refractivity contribution < 1.29 is 18.4 Å². The minimum Gasteiger partial charge on any atom is -0.296 e. The van der Waals surface area contributed by atoms with Gasteiger partial charge in [-0.25, -0.2) is 8.78 Å². The van der Waals surface area contributed by atoms with Gasteiger partial charge in [-0.15, -0.1) is 0 Å². The van der Waals surface area contributed by atoms with Crippen LogP contribution in [0.4, 0.5) is 8.78 Å². The van der Waals surface area contributed by atoms with Crippen molar-refractivity contribution in [2.24, 2.45) is 0 Å². The molecule has 3 nitrogen and oxygen atoms in total. The molecule has 1 fully saturated rings. The largest absolute Gasteiger partial charge is 0.296 e. The molecule has 1 aromatic rings. The molecule has 0 aromatic heterocycles. The van der Waals surface area contributed by atoms with Crippen LogP contribution in [0.15, 0.2) is 12.1 Å². The minimum atomic E-state index is -0.988. The van der Waals surface area contributed by atoms with E-state index >= 15 is 0 Å². The van der Waals surface area contributed by atoms with E-state index in [1.165, 1.54) is 6.92 Å². The Bertz CT molecular complexity index is 524. The molecule has 0 aliphatic carbocycles. The second-order valence-electron chi connectivity index (χ2n) is 4.97. The van der Waals surface area contributed by atoms with E-state index in [1.807, 2.05) is 0 Å². The summed E-state index contributed by atoms with van der Waals surface area (Å²) >= 11 is 0. The van der Waals surface area contributed by atoms with E-state index < -0.39 is 28.9 Å². The van der Waals surface area contributed by atoms with Gasteiger partial charge in [0.2, 0.25) is 11.8 Å². The van der Waals surface area contributed by atoms with Gasteiger partial charge < -0.3 is 0 Å². The van der Waals surface area contributed by atoms with Crippen molar-refractivity contribution in [3.63, 3.8) is 0 Å². The highest BCUT2D eigenvalue weighted by Crippen LogP contribution is 2.36. The molecule has 0 bridgehead atoms. The van der Waals surface area contributed by atoms with Crippen LogP contribution in [0.5, 0.6) is 0 Å². The topological polar surface area (TPSA) is 46.2 Å². The number of benzene rings is 1. The standard InChI is InChI=1S/C13H13F2NO2/c1-7-3-10(15)8(4-9(7)14)13(2)5-11(17)16-12(18)6-13/h3-4H,5-6H2,1-2H3,(H,16,17,18). The number of nitrogens with one attached hydrogen (secondary N) is 1. The summed E-state index contributed by atoms with van der Waals surface area (Å²) < 4.78 is 27.4. The lowest BCUT2D eigenvalue weighted by Crippen LogP contribution is -2.46. The van der Waals surface area contributed by atoms with Gasteiger partial charge in [0.25, 0.3) is 0 Å². The molecule has 1 saturated heterocycles. The highest BCUT2D eigenvalue weighted by molar-refractivity contribution is 5.99. The minimum absolute atomic E-state index is 0.0296. The number of rotatable bonds is 1. The second kappa shape index (κ2) is 4.15. The van der Waals surface area contributed by atoms with Gasteiger partial charge in [-0.1, -0.05) is 6.92 Å². The molecule has 0 unspecified atom stereocenters. The first-order chi connectivity index (χ1) is 8.32. The van der Waals surface area contributed by atoms with Crippen LogP contribution < -0.4 is 5.32 Å². The van der Waals surface area contributed by atoms with Crippen LogP contribution in [0.2, 0.25) is 0 Å². The maximum absolute atomic E-state index is 13.9. The summed E-state index contributed by atoms with van der Waals surface area (Å²) in [5, 5.41) is 2.16. The molecule has 1 aromatic carbocycles. The summed E-state index contributed by atoms with van der Waals surface area (Å²) in [7, 11) is 0. The zero-order valence-corrected chi connectivity index (χ0v) is 10.1. The molecule has 18 heavy (non-hydrogen) atoms. The summed E-state index contributed by atoms with van der Waals surface area (Å²) in [4.78, 5) is 22.8. The third-order valence-electron chi connectivity index (χ3n) is 3.28. The smallest absolute Gasteiger partial charge is 0.227 e. The number of halogens is 2. The molecule has 0 saturated carbocycles. The van der Waals surface area contributed by atoms with Crippen molar-refractivity contribution in [2.75, 3.05) is 0 Å². The lowest BCUT2D eigenvalue weighted by Gasteiger charge is -2.32. The first kappa shape index (κ1) is 12.7. The third-order valence-corrected chi connectivity index (χ3v) is 3.28. The molecule has 2 rings (SSSR count). The van der Waals surface area contributed by atoms with Crippen LogP contribution in [0.3, 0.4) is 0 Å². The lowest BCUT2D eigenvalue weighted by molar-refractivity contribution is -0.135. The number of piperidine rings is 1. The van der Waals surface area contributed by atoms with Gasteiger partial charge in [0.05, 0.1) is 0 Å². The van der Waals surface area contributed by atoms with E-state index in [-0.39, 0.29) is 24.0 Å². The SMILES string of the molecule is Cc1cc(F)c(C2(C)CC(=O)NC(=O)C2)cc1F. The van der Waals surface area contributed by atoms with Gasteiger partial charge in [-0.05, 0) is 30.2 Å². The highest BCUT2D eigenvalue weighted by Gasteiger charge is 2.39. The van der Waals surface area contributed by atoms with Crippen LogP contribution in [0, 0.1) is 18.6 Å². The Labute approximate surface area is 103 Å². The van der Waals surface area contributed by atoms with Crippen molar-refractivity contribution in [3.8, 4) is 0 Å². The van der Waals surface area contributed by atoms with E-state index in [1.54, 1.807) is 6.92 Å². The Morgan fingerprint density at radius 3 is 2.22 bits per heavy atom. The highest BCUT2D eigenvalue weighted by atomic mass is 19.1. The molecule has 96 valence electrons. The van der Waals surface area contributed by atoms with Crippen LogP contribution in [0.25, 0.3) is 0 Å². The van der Waals surface area contributed by atoms with E-state index in [0.717, 1.165) is 12.1 Å². The number of aryl methyl sites for hydroxylation is 1. The Kier molecular flexibility index (Phi) is 2.92. The summed E-state index contributed by atoms with van der Waals surface area (Å²) in [5.41, 5.74) is -0.710. The van der Waals surface area contributed by atoms with Gasteiger partial charge in [-0.3, -0.25) is 14.9 Å². The molecular weight excluding hydrogens is 240 g/mol. The van der Waals surface area contributed by atoms with Crippen molar-refractivity contribution in [3.05, 3.63) is 34.9 Å². The summed E-state index contributed by atoms with van der Waals surface area (Å²) in [6.07, 6.45) is -0.0592. The van der Waals surface area contributed by atoms with Gasteiger partial charge in [0.15, 0.2) is 0 Å². The predicted octanol–water partition coefficient (Wildman–Crippen LogP) is 1.97.